The van der Waals surface area contributed by atoms with Crippen LogP contribution < -0.4 is 5.32 Å². The average molecular weight is 284 g/mol. The highest BCUT2D eigenvalue weighted by Crippen LogP contribution is 2.17. The van der Waals surface area contributed by atoms with Crippen molar-refractivity contribution in [1.29, 1.82) is 0 Å². The van der Waals surface area contributed by atoms with Crippen LogP contribution in [-0.4, -0.2) is 6.04 Å². The molecule has 16 heavy (non-hydrogen) atoms. The van der Waals surface area contributed by atoms with E-state index >= 15 is 0 Å². The maximum absolute atomic E-state index is 3.61. The minimum atomic E-state index is 0.585. The van der Waals surface area contributed by atoms with Crippen LogP contribution in [0.25, 0.3) is 0 Å². The summed E-state index contributed by atoms with van der Waals surface area (Å²) in [6.07, 6.45) is 2.50. The summed E-state index contributed by atoms with van der Waals surface area (Å²) in [5.74, 6) is 0.780. The molecule has 90 valence electrons. The van der Waals surface area contributed by atoms with E-state index in [1.165, 1.54) is 22.9 Å². The van der Waals surface area contributed by atoms with Crippen LogP contribution in [0.2, 0.25) is 0 Å². The minimum absolute atomic E-state index is 0.585. The highest BCUT2D eigenvalue weighted by Gasteiger charge is 2.12. The number of hydrogen-bond donors (Lipinski definition) is 1. The molecule has 1 N–H and O–H groups in total. The molecule has 0 spiro atoms. The van der Waals surface area contributed by atoms with Crippen molar-refractivity contribution in [3.05, 3.63) is 34.3 Å². The van der Waals surface area contributed by atoms with Crippen molar-refractivity contribution in [1.82, 2.24) is 5.32 Å². The quantitative estimate of drug-likeness (QED) is 0.818. The monoisotopic (exact) mass is 283 g/mol. The van der Waals surface area contributed by atoms with Crippen LogP contribution in [0, 0.1) is 5.92 Å². The van der Waals surface area contributed by atoms with E-state index in [0.717, 1.165) is 12.5 Å². The van der Waals surface area contributed by atoms with Gasteiger partial charge in [0.05, 0.1) is 0 Å². The molecule has 0 radical (unpaired) electrons. The second-order valence-corrected chi connectivity index (χ2v) is 5.19. The number of hydrogen-bond acceptors (Lipinski definition) is 1. The topological polar surface area (TPSA) is 12.0 Å². The maximum Gasteiger partial charge on any atom is 0.0220 e. The molecule has 1 aromatic rings. The van der Waals surface area contributed by atoms with Gasteiger partial charge < -0.3 is 5.32 Å². The fourth-order valence-electron chi connectivity index (χ4n) is 2.08. The second-order valence-electron chi connectivity index (χ2n) is 4.34. The lowest BCUT2D eigenvalue weighted by atomic mass is 9.95. The molecule has 0 saturated carbocycles. The Balaban J connectivity index is 2.48. The van der Waals surface area contributed by atoms with E-state index in [4.69, 9.17) is 0 Å². The van der Waals surface area contributed by atoms with Gasteiger partial charge in [-0.25, -0.2) is 0 Å². The first-order chi connectivity index (χ1) is 7.69. The Morgan fingerprint density at radius 2 is 1.81 bits per heavy atom. The molecule has 0 aliphatic rings. The van der Waals surface area contributed by atoms with E-state index in [1.807, 2.05) is 0 Å². The second kappa shape index (κ2) is 7.08. The van der Waals surface area contributed by atoms with Crippen molar-refractivity contribution in [3.8, 4) is 0 Å². The SMILES string of the molecule is CCC(CC)C(C)NCc1ccccc1Br. The first-order valence-electron chi connectivity index (χ1n) is 6.15. The molecule has 0 amide bonds. The summed E-state index contributed by atoms with van der Waals surface area (Å²) in [5, 5.41) is 3.61. The number of rotatable bonds is 6. The Morgan fingerprint density at radius 1 is 1.19 bits per heavy atom. The van der Waals surface area contributed by atoms with Gasteiger partial charge >= 0.3 is 0 Å². The number of benzene rings is 1. The van der Waals surface area contributed by atoms with E-state index in [9.17, 15) is 0 Å². The molecular weight excluding hydrogens is 262 g/mol. The van der Waals surface area contributed by atoms with Crippen LogP contribution in [0.3, 0.4) is 0 Å². The molecule has 0 aliphatic carbocycles. The molecule has 2 heteroatoms. The molecule has 1 rings (SSSR count). The van der Waals surface area contributed by atoms with Gasteiger partial charge in [-0.1, -0.05) is 60.8 Å². The predicted molar refractivity (Wildman–Crippen MR) is 74.5 cm³/mol. The molecule has 0 aromatic heterocycles. The fraction of sp³-hybridized carbons (Fsp3) is 0.571. The maximum atomic E-state index is 3.61. The Labute approximate surface area is 108 Å². The van der Waals surface area contributed by atoms with Crippen molar-refractivity contribution in [2.45, 2.75) is 46.2 Å². The Hall–Kier alpha value is -0.340. The summed E-state index contributed by atoms with van der Waals surface area (Å²) in [7, 11) is 0. The van der Waals surface area contributed by atoms with Crippen molar-refractivity contribution >= 4 is 15.9 Å². The van der Waals surface area contributed by atoms with Crippen LogP contribution in [0.5, 0.6) is 0 Å². The summed E-state index contributed by atoms with van der Waals surface area (Å²) in [4.78, 5) is 0. The van der Waals surface area contributed by atoms with Gasteiger partial charge in [0.2, 0.25) is 0 Å². The molecular formula is C14H22BrN. The third-order valence-corrected chi connectivity index (χ3v) is 4.10. The highest BCUT2D eigenvalue weighted by molar-refractivity contribution is 9.10. The van der Waals surface area contributed by atoms with Crippen LogP contribution in [0.1, 0.15) is 39.2 Å². The molecule has 0 heterocycles. The van der Waals surface area contributed by atoms with Gasteiger partial charge in [-0.15, -0.1) is 0 Å². The van der Waals surface area contributed by atoms with Crippen molar-refractivity contribution < 1.29 is 0 Å². The Kier molecular flexibility index (Phi) is 6.07. The van der Waals surface area contributed by atoms with Crippen LogP contribution in [0.4, 0.5) is 0 Å². The number of halogens is 1. The van der Waals surface area contributed by atoms with E-state index in [2.05, 4.69) is 66.3 Å². The van der Waals surface area contributed by atoms with E-state index in [0.29, 0.717) is 6.04 Å². The summed E-state index contributed by atoms with van der Waals surface area (Å²) >= 11 is 3.58. The van der Waals surface area contributed by atoms with Gasteiger partial charge in [0.15, 0.2) is 0 Å². The van der Waals surface area contributed by atoms with E-state index in [1.54, 1.807) is 0 Å². The molecule has 0 bridgehead atoms. The van der Waals surface area contributed by atoms with E-state index < -0.39 is 0 Å². The van der Waals surface area contributed by atoms with Gasteiger partial charge in [0.25, 0.3) is 0 Å². The van der Waals surface area contributed by atoms with Crippen LogP contribution in [-0.2, 0) is 6.54 Å². The highest BCUT2D eigenvalue weighted by atomic mass is 79.9. The van der Waals surface area contributed by atoms with Gasteiger partial charge in [0.1, 0.15) is 0 Å². The third kappa shape index (κ3) is 3.91. The third-order valence-electron chi connectivity index (χ3n) is 3.33. The standard InChI is InChI=1S/C14H22BrN/c1-4-12(5-2)11(3)16-10-13-8-6-7-9-14(13)15/h6-9,11-12,16H,4-5,10H2,1-3H3. The van der Waals surface area contributed by atoms with Crippen molar-refractivity contribution in [2.24, 2.45) is 5.92 Å². The zero-order valence-corrected chi connectivity index (χ0v) is 12.0. The van der Waals surface area contributed by atoms with Gasteiger partial charge in [-0.3, -0.25) is 0 Å². The summed E-state index contributed by atoms with van der Waals surface area (Å²) < 4.78 is 1.19. The zero-order valence-electron chi connectivity index (χ0n) is 10.5. The zero-order chi connectivity index (χ0) is 12.0. The van der Waals surface area contributed by atoms with Gasteiger partial charge in [-0.05, 0) is 24.5 Å². The average Bonchev–Trinajstić information content (AvgIpc) is 2.29. The normalized spacial score (nSPS) is 13.1. The van der Waals surface area contributed by atoms with Crippen LogP contribution in [0.15, 0.2) is 28.7 Å². The predicted octanol–water partition coefficient (Wildman–Crippen LogP) is 4.36. The van der Waals surface area contributed by atoms with Gasteiger partial charge in [-0.2, -0.15) is 0 Å². The lowest BCUT2D eigenvalue weighted by Crippen LogP contribution is -2.32. The molecule has 1 nitrogen and oxygen atoms in total. The molecule has 1 atom stereocenters. The molecule has 0 fully saturated rings. The largest absolute Gasteiger partial charge is 0.310 e. The number of nitrogens with one attached hydrogen (secondary N) is 1. The molecule has 1 unspecified atom stereocenters. The minimum Gasteiger partial charge on any atom is -0.310 e. The first kappa shape index (κ1) is 13.7. The molecule has 0 aliphatic heterocycles. The Bertz CT molecular complexity index is 307. The smallest absolute Gasteiger partial charge is 0.0220 e. The van der Waals surface area contributed by atoms with Crippen molar-refractivity contribution in [2.75, 3.05) is 0 Å². The first-order valence-corrected chi connectivity index (χ1v) is 6.95. The van der Waals surface area contributed by atoms with Gasteiger partial charge in [0, 0.05) is 17.1 Å². The lowest BCUT2D eigenvalue weighted by molar-refractivity contribution is 0.353. The fourth-order valence-corrected chi connectivity index (χ4v) is 2.50. The summed E-state index contributed by atoms with van der Waals surface area (Å²) in [6, 6.07) is 8.99. The summed E-state index contributed by atoms with van der Waals surface area (Å²) in [5.41, 5.74) is 1.33. The molecule has 1 aromatic carbocycles. The van der Waals surface area contributed by atoms with E-state index in [-0.39, 0.29) is 0 Å². The Morgan fingerprint density at radius 3 is 2.38 bits per heavy atom. The van der Waals surface area contributed by atoms with Crippen molar-refractivity contribution in [3.63, 3.8) is 0 Å². The molecule has 0 saturated heterocycles. The lowest BCUT2D eigenvalue weighted by Gasteiger charge is -2.22. The van der Waals surface area contributed by atoms with Crippen LogP contribution >= 0.6 is 15.9 Å². The summed E-state index contributed by atoms with van der Waals surface area (Å²) in [6.45, 7) is 7.77.